The summed E-state index contributed by atoms with van der Waals surface area (Å²) in [6.45, 7) is 4.11. The molecule has 0 aliphatic heterocycles. The van der Waals surface area contributed by atoms with Gasteiger partial charge in [0.05, 0.1) is 6.33 Å². The summed E-state index contributed by atoms with van der Waals surface area (Å²) in [5.74, 6) is 0.253. The molecule has 1 aliphatic carbocycles. The van der Waals surface area contributed by atoms with E-state index in [0.29, 0.717) is 17.7 Å². The molecule has 110 valence electrons. The average molecular weight is 304 g/mol. The second kappa shape index (κ2) is 5.53. The molecule has 1 aromatic carbocycles. The Kier molecular flexibility index (Phi) is 3.72. The van der Waals surface area contributed by atoms with Crippen LogP contribution in [0.5, 0.6) is 0 Å². The van der Waals surface area contributed by atoms with Crippen molar-refractivity contribution in [2.24, 2.45) is 0 Å². The van der Waals surface area contributed by atoms with Gasteiger partial charge in [0.1, 0.15) is 5.69 Å². The van der Waals surface area contributed by atoms with Gasteiger partial charge in [-0.15, -0.1) is 0 Å². The van der Waals surface area contributed by atoms with Gasteiger partial charge in [-0.2, -0.15) is 0 Å². The van der Waals surface area contributed by atoms with Gasteiger partial charge in [0.2, 0.25) is 0 Å². The summed E-state index contributed by atoms with van der Waals surface area (Å²) in [7, 11) is 0. The van der Waals surface area contributed by atoms with Gasteiger partial charge in [-0.05, 0) is 38.0 Å². The van der Waals surface area contributed by atoms with Crippen LogP contribution in [-0.4, -0.2) is 21.5 Å². The Morgan fingerprint density at radius 3 is 2.95 bits per heavy atom. The molecular weight excluding hydrogens is 286 g/mol. The van der Waals surface area contributed by atoms with E-state index in [-0.39, 0.29) is 11.9 Å². The smallest absolute Gasteiger partial charge is 0.271 e. The van der Waals surface area contributed by atoms with Crippen LogP contribution in [0.15, 0.2) is 36.8 Å². The predicted octanol–water partition coefficient (Wildman–Crippen LogP) is 3.40. The molecule has 1 aliphatic rings. The Hall–Kier alpha value is -1.81. The molecule has 5 heteroatoms. The van der Waals surface area contributed by atoms with Crippen LogP contribution in [0.4, 0.5) is 0 Å². The molecule has 1 heterocycles. The van der Waals surface area contributed by atoms with Crippen molar-refractivity contribution in [3.8, 4) is 0 Å². The van der Waals surface area contributed by atoms with Crippen molar-refractivity contribution < 1.29 is 4.79 Å². The molecule has 0 bridgehead atoms. The lowest BCUT2D eigenvalue weighted by atomic mass is 10.1. The van der Waals surface area contributed by atoms with Gasteiger partial charge in [-0.25, -0.2) is 4.98 Å². The van der Waals surface area contributed by atoms with E-state index >= 15 is 0 Å². The lowest BCUT2D eigenvalue weighted by Crippen LogP contribution is -2.26. The number of nitrogens with zero attached hydrogens (tertiary/aromatic N) is 2. The van der Waals surface area contributed by atoms with Crippen LogP contribution in [0.2, 0.25) is 5.02 Å². The summed E-state index contributed by atoms with van der Waals surface area (Å²) >= 11 is 6.00. The molecule has 2 aromatic rings. The minimum Gasteiger partial charge on any atom is -0.347 e. The number of hydrogen-bond donors (Lipinski definition) is 1. The van der Waals surface area contributed by atoms with E-state index in [4.69, 9.17) is 11.6 Å². The molecular formula is C16H18ClN3O. The summed E-state index contributed by atoms with van der Waals surface area (Å²) in [5.41, 5.74) is 1.65. The lowest BCUT2D eigenvalue weighted by Gasteiger charge is -2.05. The number of nitrogens with one attached hydrogen (secondary N) is 1. The van der Waals surface area contributed by atoms with E-state index in [0.717, 1.165) is 11.4 Å². The normalized spacial score (nSPS) is 20.6. The maximum absolute atomic E-state index is 12.2. The van der Waals surface area contributed by atoms with Gasteiger partial charge in [0.15, 0.2) is 0 Å². The first kappa shape index (κ1) is 14.1. The number of amides is 1. The largest absolute Gasteiger partial charge is 0.347 e. The summed E-state index contributed by atoms with van der Waals surface area (Å²) < 4.78 is 1.93. The van der Waals surface area contributed by atoms with Crippen molar-refractivity contribution in [1.82, 2.24) is 14.9 Å². The van der Waals surface area contributed by atoms with Crippen LogP contribution >= 0.6 is 11.6 Å². The maximum Gasteiger partial charge on any atom is 0.271 e. The molecule has 0 radical (unpaired) electrons. The van der Waals surface area contributed by atoms with Crippen LogP contribution in [0.25, 0.3) is 0 Å². The number of imidazole rings is 1. The maximum atomic E-state index is 12.2. The van der Waals surface area contributed by atoms with E-state index in [1.165, 1.54) is 5.56 Å². The number of aromatic nitrogens is 2. The van der Waals surface area contributed by atoms with Gasteiger partial charge in [-0.3, -0.25) is 4.79 Å². The van der Waals surface area contributed by atoms with Gasteiger partial charge in [-0.1, -0.05) is 23.7 Å². The molecule has 0 spiro atoms. The minimum atomic E-state index is -0.107. The molecule has 0 unspecified atom stereocenters. The van der Waals surface area contributed by atoms with Crippen LogP contribution in [0.1, 0.15) is 48.3 Å². The highest BCUT2D eigenvalue weighted by Gasteiger charge is 2.39. The van der Waals surface area contributed by atoms with Gasteiger partial charge >= 0.3 is 0 Å². The molecule has 2 atom stereocenters. The fourth-order valence-electron chi connectivity index (χ4n) is 2.44. The second-order valence-corrected chi connectivity index (χ2v) is 6.21. The fourth-order valence-corrected chi connectivity index (χ4v) is 2.64. The Bertz CT molecular complexity index is 665. The molecule has 4 nitrogen and oxygen atoms in total. The first-order chi connectivity index (χ1) is 10.0. The highest BCUT2D eigenvalue weighted by Crippen LogP contribution is 2.41. The van der Waals surface area contributed by atoms with Gasteiger partial charge < -0.3 is 9.88 Å². The predicted molar refractivity (Wildman–Crippen MR) is 82.7 cm³/mol. The molecule has 1 fully saturated rings. The molecule has 1 N–H and O–H groups in total. The van der Waals surface area contributed by atoms with Crippen LogP contribution in [0.3, 0.4) is 0 Å². The Labute approximate surface area is 129 Å². The zero-order chi connectivity index (χ0) is 15.0. The van der Waals surface area contributed by atoms with Gasteiger partial charge in [0, 0.05) is 29.2 Å². The number of hydrogen-bond acceptors (Lipinski definition) is 2. The third-order valence-electron chi connectivity index (χ3n) is 3.81. The molecule has 21 heavy (non-hydrogen) atoms. The SMILES string of the molecule is CC(C)n1cnc(C(=O)N[C@@H]2C[C@H]2c2cccc(Cl)c2)c1. The summed E-state index contributed by atoms with van der Waals surface area (Å²) in [6.07, 6.45) is 4.44. The molecule has 1 saturated carbocycles. The number of carbonyl (C=O) groups is 1. The van der Waals surface area contributed by atoms with Gasteiger partial charge in [0.25, 0.3) is 5.91 Å². The summed E-state index contributed by atoms with van der Waals surface area (Å²) in [5, 5.41) is 3.77. The second-order valence-electron chi connectivity index (χ2n) is 5.78. The zero-order valence-electron chi connectivity index (χ0n) is 12.1. The third kappa shape index (κ3) is 3.10. The van der Waals surface area contributed by atoms with E-state index < -0.39 is 0 Å². The van der Waals surface area contributed by atoms with Crippen molar-refractivity contribution in [3.63, 3.8) is 0 Å². The zero-order valence-corrected chi connectivity index (χ0v) is 12.8. The standard InChI is InChI=1S/C16H18ClN3O/c1-10(2)20-8-15(18-9-20)16(21)19-14-7-13(14)11-4-3-5-12(17)6-11/h3-6,8-10,13-14H,7H2,1-2H3,(H,19,21)/t13-,14+/m0/s1. The number of carbonyl (C=O) groups excluding carboxylic acids is 1. The fraction of sp³-hybridized carbons (Fsp3) is 0.375. The number of halogens is 1. The molecule has 1 amide bonds. The van der Waals surface area contributed by atoms with E-state index in [1.807, 2.05) is 22.8 Å². The first-order valence-corrected chi connectivity index (χ1v) is 7.52. The quantitative estimate of drug-likeness (QED) is 0.941. The first-order valence-electron chi connectivity index (χ1n) is 7.14. The number of benzene rings is 1. The third-order valence-corrected chi connectivity index (χ3v) is 4.05. The molecule has 0 saturated heterocycles. The average Bonchev–Trinajstić information content (AvgIpc) is 3.01. The Morgan fingerprint density at radius 2 is 2.29 bits per heavy atom. The summed E-state index contributed by atoms with van der Waals surface area (Å²) in [4.78, 5) is 16.3. The van der Waals surface area contributed by atoms with Crippen LogP contribution < -0.4 is 5.32 Å². The van der Waals surface area contributed by atoms with E-state index in [2.05, 4.69) is 30.2 Å². The Morgan fingerprint density at radius 1 is 1.48 bits per heavy atom. The van der Waals surface area contributed by atoms with Crippen molar-refractivity contribution in [1.29, 1.82) is 0 Å². The monoisotopic (exact) mass is 303 g/mol. The lowest BCUT2D eigenvalue weighted by molar-refractivity contribution is 0.0945. The molecule has 3 rings (SSSR count). The van der Waals surface area contributed by atoms with Crippen LogP contribution in [-0.2, 0) is 0 Å². The van der Waals surface area contributed by atoms with Crippen molar-refractivity contribution in [2.45, 2.75) is 38.3 Å². The van der Waals surface area contributed by atoms with Crippen molar-refractivity contribution in [3.05, 3.63) is 53.1 Å². The van der Waals surface area contributed by atoms with Crippen molar-refractivity contribution >= 4 is 17.5 Å². The van der Waals surface area contributed by atoms with E-state index in [9.17, 15) is 4.79 Å². The van der Waals surface area contributed by atoms with Crippen molar-refractivity contribution in [2.75, 3.05) is 0 Å². The highest BCUT2D eigenvalue weighted by molar-refractivity contribution is 6.30. The number of rotatable bonds is 4. The summed E-state index contributed by atoms with van der Waals surface area (Å²) in [6, 6.07) is 8.31. The van der Waals surface area contributed by atoms with Crippen LogP contribution in [0, 0.1) is 0 Å². The highest BCUT2D eigenvalue weighted by atomic mass is 35.5. The Balaban J connectivity index is 1.62. The topological polar surface area (TPSA) is 46.9 Å². The van der Waals surface area contributed by atoms with E-state index in [1.54, 1.807) is 12.5 Å². The minimum absolute atomic E-state index is 0.107. The molecule has 1 aromatic heterocycles.